The highest BCUT2D eigenvalue weighted by molar-refractivity contribution is 9.09. The summed E-state index contributed by atoms with van der Waals surface area (Å²) in [6, 6.07) is 8.65. The molecule has 0 saturated heterocycles. The summed E-state index contributed by atoms with van der Waals surface area (Å²) in [5, 5.41) is 11.5. The summed E-state index contributed by atoms with van der Waals surface area (Å²) in [4.78, 5) is 12.2. The van der Waals surface area contributed by atoms with Crippen molar-refractivity contribution < 1.29 is 4.79 Å². The summed E-state index contributed by atoms with van der Waals surface area (Å²) >= 11 is 3.51. The maximum Gasteiger partial charge on any atom is 0.251 e. The highest BCUT2D eigenvalue weighted by Gasteiger charge is 2.06. The lowest BCUT2D eigenvalue weighted by molar-refractivity contribution is 0.0953. The van der Waals surface area contributed by atoms with E-state index in [-0.39, 0.29) is 5.91 Å². The molecule has 0 spiro atoms. The van der Waals surface area contributed by atoms with Crippen molar-refractivity contribution in [2.24, 2.45) is 0 Å². The van der Waals surface area contributed by atoms with Crippen LogP contribution in [0.15, 0.2) is 24.3 Å². The second-order valence-electron chi connectivity index (χ2n) is 3.74. The van der Waals surface area contributed by atoms with Crippen LogP contribution in [0.1, 0.15) is 35.7 Å². The molecule has 0 bridgehead atoms. The minimum atomic E-state index is -0.0923. The van der Waals surface area contributed by atoms with E-state index < -0.39 is 0 Å². The fraction of sp³-hybridized carbons (Fsp3) is 0.385. The lowest BCUT2D eigenvalue weighted by Crippen LogP contribution is -2.25. The molecule has 3 nitrogen and oxygen atoms in total. The molecule has 0 fully saturated rings. The monoisotopic (exact) mass is 294 g/mol. The molecule has 0 saturated carbocycles. The molecule has 1 N–H and O–H groups in total. The zero-order valence-corrected chi connectivity index (χ0v) is 11.3. The van der Waals surface area contributed by atoms with Crippen molar-refractivity contribution in [3.05, 3.63) is 35.4 Å². The van der Waals surface area contributed by atoms with E-state index in [0.29, 0.717) is 22.5 Å². The van der Waals surface area contributed by atoms with Crippen molar-refractivity contribution >= 4 is 21.8 Å². The van der Waals surface area contributed by atoms with Gasteiger partial charge in [0.15, 0.2) is 0 Å². The Morgan fingerprint density at radius 2 is 2.12 bits per heavy atom. The van der Waals surface area contributed by atoms with E-state index in [1.165, 1.54) is 0 Å². The van der Waals surface area contributed by atoms with E-state index in [0.717, 1.165) is 12.8 Å². The molecule has 0 heterocycles. The first-order valence-electron chi connectivity index (χ1n) is 5.59. The number of nitrogens with zero attached hydrogens (tertiary/aromatic N) is 1. The van der Waals surface area contributed by atoms with E-state index in [9.17, 15) is 4.79 Å². The van der Waals surface area contributed by atoms with Crippen molar-refractivity contribution in [1.29, 1.82) is 5.26 Å². The number of nitrogens with one attached hydrogen (secondary N) is 1. The zero-order valence-electron chi connectivity index (χ0n) is 9.74. The summed E-state index contributed by atoms with van der Waals surface area (Å²) in [6.45, 7) is 2.75. The third kappa shape index (κ3) is 4.58. The number of hydrogen-bond donors (Lipinski definition) is 1. The average Bonchev–Trinajstić information content (AvgIpc) is 2.38. The molecule has 1 unspecified atom stereocenters. The Morgan fingerprint density at radius 3 is 2.65 bits per heavy atom. The molecule has 1 rings (SSSR count). The molecular formula is C13H15BrN2O. The fourth-order valence-electron chi connectivity index (χ4n) is 1.34. The molecule has 0 radical (unpaired) electrons. The maximum absolute atomic E-state index is 11.7. The standard InChI is InChI=1S/C13H15BrN2O/c1-2-12(14)7-8-16-13(17)11-5-3-10(9-15)4-6-11/h3-6,12H,2,7-8H2,1H3,(H,16,17). The van der Waals surface area contributed by atoms with Gasteiger partial charge < -0.3 is 5.32 Å². The van der Waals surface area contributed by atoms with Crippen molar-refractivity contribution in [3.63, 3.8) is 0 Å². The number of rotatable bonds is 5. The molecule has 90 valence electrons. The van der Waals surface area contributed by atoms with Crippen LogP contribution in [0.2, 0.25) is 0 Å². The summed E-state index contributed by atoms with van der Waals surface area (Å²) in [6.07, 6.45) is 1.96. The second-order valence-corrected chi connectivity index (χ2v) is 5.03. The van der Waals surface area contributed by atoms with Gasteiger partial charge in [0.25, 0.3) is 5.91 Å². The van der Waals surface area contributed by atoms with Gasteiger partial charge in [0, 0.05) is 16.9 Å². The molecule has 0 aromatic heterocycles. The van der Waals surface area contributed by atoms with Gasteiger partial charge in [-0.05, 0) is 37.1 Å². The average molecular weight is 295 g/mol. The van der Waals surface area contributed by atoms with Gasteiger partial charge in [-0.1, -0.05) is 22.9 Å². The van der Waals surface area contributed by atoms with Gasteiger partial charge in [-0.3, -0.25) is 4.79 Å². The van der Waals surface area contributed by atoms with Gasteiger partial charge in [-0.25, -0.2) is 0 Å². The molecule has 1 aromatic carbocycles. The fourth-order valence-corrected chi connectivity index (χ4v) is 1.57. The minimum Gasteiger partial charge on any atom is -0.352 e. The van der Waals surface area contributed by atoms with Gasteiger partial charge in [0.1, 0.15) is 0 Å². The lowest BCUT2D eigenvalue weighted by Gasteiger charge is -2.08. The van der Waals surface area contributed by atoms with Crippen LogP contribution in [0.5, 0.6) is 0 Å². The number of amides is 1. The number of hydrogen-bond acceptors (Lipinski definition) is 2. The Labute approximate surface area is 110 Å². The lowest BCUT2D eigenvalue weighted by atomic mass is 10.1. The van der Waals surface area contributed by atoms with Crippen molar-refractivity contribution in [2.75, 3.05) is 6.54 Å². The number of carbonyl (C=O) groups excluding carboxylic acids is 1. The third-order valence-corrected chi connectivity index (χ3v) is 3.57. The summed E-state index contributed by atoms with van der Waals surface area (Å²) < 4.78 is 0. The van der Waals surface area contributed by atoms with Crippen molar-refractivity contribution in [1.82, 2.24) is 5.32 Å². The summed E-state index contributed by atoms with van der Waals surface area (Å²) in [7, 11) is 0. The SMILES string of the molecule is CCC(Br)CCNC(=O)c1ccc(C#N)cc1. The summed E-state index contributed by atoms with van der Waals surface area (Å²) in [5.41, 5.74) is 1.15. The van der Waals surface area contributed by atoms with Gasteiger partial charge in [0.2, 0.25) is 0 Å². The van der Waals surface area contributed by atoms with Crippen molar-refractivity contribution in [2.45, 2.75) is 24.6 Å². The molecule has 1 aromatic rings. The molecule has 1 atom stereocenters. The Balaban J connectivity index is 2.44. The van der Waals surface area contributed by atoms with Gasteiger partial charge in [-0.2, -0.15) is 5.26 Å². The number of halogens is 1. The Morgan fingerprint density at radius 1 is 1.47 bits per heavy atom. The molecular weight excluding hydrogens is 280 g/mol. The van der Waals surface area contributed by atoms with E-state index in [4.69, 9.17) is 5.26 Å². The molecule has 0 aliphatic heterocycles. The predicted molar refractivity (Wildman–Crippen MR) is 71.1 cm³/mol. The first-order chi connectivity index (χ1) is 8.17. The Bertz CT molecular complexity index is 408. The second kappa shape index (κ2) is 7.08. The van der Waals surface area contributed by atoms with Crippen LogP contribution >= 0.6 is 15.9 Å². The number of carbonyl (C=O) groups is 1. The van der Waals surface area contributed by atoms with E-state index in [1.807, 2.05) is 6.07 Å². The molecule has 0 aliphatic carbocycles. The summed E-state index contributed by atoms with van der Waals surface area (Å²) in [5.74, 6) is -0.0923. The normalized spacial score (nSPS) is 11.6. The van der Waals surface area contributed by atoms with Gasteiger partial charge >= 0.3 is 0 Å². The quantitative estimate of drug-likeness (QED) is 0.849. The minimum absolute atomic E-state index is 0.0923. The van der Waals surface area contributed by atoms with Crippen LogP contribution in [0.4, 0.5) is 0 Å². The largest absolute Gasteiger partial charge is 0.352 e. The van der Waals surface area contributed by atoms with Crippen LogP contribution in [-0.2, 0) is 0 Å². The van der Waals surface area contributed by atoms with E-state index in [2.05, 4.69) is 28.2 Å². The molecule has 0 aliphatic rings. The third-order valence-electron chi connectivity index (χ3n) is 2.46. The zero-order chi connectivity index (χ0) is 12.7. The van der Waals surface area contributed by atoms with Gasteiger partial charge in [-0.15, -0.1) is 0 Å². The first kappa shape index (κ1) is 13.7. The molecule has 17 heavy (non-hydrogen) atoms. The maximum atomic E-state index is 11.7. The highest BCUT2D eigenvalue weighted by Crippen LogP contribution is 2.08. The predicted octanol–water partition coefficient (Wildman–Crippen LogP) is 2.85. The topological polar surface area (TPSA) is 52.9 Å². The van der Waals surface area contributed by atoms with Crippen molar-refractivity contribution in [3.8, 4) is 6.07 Å². The smallest absolute Gasteiger partial charge is 0.251 e. The van der Waals surface area contributed by atoms with Crippen LogP contribution in [-0.4, -0.2) is 17.3 Å². The van der Waals surface area contributed by atoms with E-state index in [1.54, 1.807) is 24.3 Å². The van der Waals surface area contributed by atoms with Crippen LogP contribution in [0, 0.1) is 11.3 Å². The Kier molecular flexibility index (Phi) is 5.71. The van der Waals surface area contributed by atoms with E-state index >= 15 is 0 Å². The number of nitriles is 1. The number of benzene rings is 1. The first-order valence-corrected chi connectivity index (χ1v) is 6.51. The molecule has 4 heteroatoms. The molecule has 1 amide bonds. The van der Waals surface area contributed by atoms with Crippen LogP contribution < -0.4 is 5.32 Å². The van der Waals surface area contributed by atoms with Crippen LogP contribution in [0.3, 0.4) is 0 Å². The Hall–Kier alpha value is -1.34. The van der Waals surface area contributed by atoms with Crippen LogP contribution in [0.25, 0.3) is 0 Å². The number of alkyl halides is 1. The van der Waals surface area contributed by atoms with Gasteiger partial charge in [0.05, 0.1) is 11.6 Å². The highest BCUT2D eigenvalue weighted by atomic mass is 79.9.